The Balaban J connectivity index is 2.19. The number of hydrogen-bond donors (Lipinski definition) is 1. The Morgan fingerprint density at radius 2 is 1.88 bits per heavy atom. The predicted molar refractivity (Wildman–Crippen MR) is 104 cm³/mol. The van der Waals surface area contributed by atoms with Gasteiger partial charge in [-0.15, -0.1) is 16.9 Å². The summed E-state index contributed by atoms with van der Waals surface area (Å²) >= 11 is 13.1. The third kappa shape index (κ3) is 6.37. The maximum atomic E-state index is 12.1. The number of aliphatic hydroxyl groups is 1. The molecular weight excluding hydrogens is 395 g/mol. The minimum atomic E-state index is -0.743. The van der Waals surface area contributed by atoms with Crippen molar-refractivity contribution in [2.45, 2.75) is 11.8 Å². The fourth-order valence-corrected chi connectivity index (χ4v) is 2.89. The molecule has 2 aromatic rings. The standard InChI is InChI=1S/C18H16Cl2N2O3S/c1-2-25-18(24)17(22-21-14-5-3-4-13(20)10-14)16(23)11-26-15-8-6-12(19)7-9-15/h3-10,23H,2,11H2,1H3. The fraction of sp³-hybridized carbons (Fsp3) is 0.167. The summed E-state index contributed by atoms with van der Waals surface area (Å²) in [5.74, 6) is -0.841. The van der Waals surface area contributed by atoms with Gasteiger partial charge in [0.05, 0.1) is 18.0 Å². The van der Waals surface area contributed by atoms with E-state index >= 15 is 0 Å². The molecule has 5 nitrogen and oxygen atoms in total. The van der Waals surface area contributed by atoms with Crippen LogP contribution >= 0.6 is 35.0 Å². The lowest BCUT2D eigenvalue weighted by Gasteiger charge is -2.06. The van der Waals surface area contributed by atoms with Crippen molar-refractivity contribution in [1.29, 1.82) is 0 Å². The van der Waals surface area contributed by atoms with Crippen LogP contribution in [0.5, 0.6) is 0 Å². The number of hydrogen-bond acceptors (Lipinski definition) is 6. The Morgan fingerprint density at radius 3 is 2.54 bits per heavy atom. The molecule has 0 saturated heterocycles. The summed E-state index contributed by atoms with van der Waals surface area (Å²) < 4.78 is 4.94. The molecular formula is C18H16Cl2N2O3S. The Bertz CT molecular complexity index is 823. The van der Waals surface area contributed by atoms with Gasteiger partial charge in [0, 0.05) is 14.9 Å². The Hall–Kier alpha value is -2.02. The van der Waals surface area contributed by atoms with Crippen molar-refractivity contribution in [3.63, 3.8) is 0 Å². The van der Waals surface area contributed by atoms with Crippen LogP contribution in [0.25, 0.3) is 0 Å². The summed E-state index contributed by atoms with van der Waals surface area (Å²) in [5.41, 5.74) is 0.214. The molecule has 0 aliphatic heterocycles. The van der Waals surface area contributed by atoms with Gasteiger partial charge in [-0.25, -0.2) is 4.79 Å². The number of benzene rings is 2. The molecule has 0 spiro atoms. The van der Waals surface area contributed by atoms with Gasteiger partial charge in [0.1, 0.15) is 5.76 Å². The van der Waals surface area contributed by atoms with Crippen molar-refractivity contribution in [2.75, 3.05) is 12.4 Å². The van der Waals surface area contributed by atoms with E-state index in [2.05, 4.69) is 10.2 Å². The molecule has 0 aliphatic rings. The van der Waals surface area contributed by atoms with Crippen molar-refractivity contribution >= 4 is 46.6 Å². The lowest BCUT2D eigenvalue weighted by Crippen LogP contribution is -2.09. The zero-order valence-corrected chi connectivity index (χ0v) is 16.2. The van der Waals surface area contributed by atoms with Crippen molar-refractivity contribution in [2.24, 2.45) is 10.2 Å². The smallest absolute Gasteiger partial charge is 0.362 e. The van der Waals surface area contributed by atoms with Crippen molar-refractivity contribution in [1.82, 2.24) is 0 Å². The topological polar surface area (TPSA) is 71.2 Å². The first kappa shape index (κ1) is 20.3. The number of carbonyl (C=O) groups excluding carboxylic acids is 1. The largest absolute Gasteiger partial charge is 0.509 e. The number of aliphatic hydroxyl groups excluding tert-OH is 1. The fourth-order valence-electron chi connectivity index (χ4n) is 1.81. The third-order valence-electron chi connectivity index (χ3n) is 3.00. The summed E-state index contributed by atoms with van der Waals surface area (Å²) in [5, 5.41) is 19.2. The van der Waals surface area contributed by atoms with Crippen LogP contribution in [0.4, 0.5) is 5.69 Å². The van der Waals surface area contributed by atoms with E-state index in [4.69, 9.17) is 27.9 Å². The van der Waals surface area contributed by atoms with E-state index in [1.807, 2.05) is 12.1 Å². The average Bonchev–Trinajstić information content (AvgIpc) is 2.62. The second-order valence-corrected chi connectivity index (χ2v) is 6.86. The molecule has 0 amide bonds. The van der Waals surface area contributed by atoms with Gasteiger partial charge in [-0.05, 0) is 49.4 Å². The van der Waals surface area contributed by atoms with Gasteiger partial charge in [0.15, 0.2) is 0 Å². The molecule has 8 heteroatoms. The maximum absolute atomic E-state index is 12.1. The van der Waals surface area contributed by atoms with Crippen LogP contribution in [0.2, 0.25) is 10.0 Å². The number of esters is 1. The zero-order valence-electron chi connectivity index (χ0n) is 13.9. The summed E-state index contributed by atoms with van der Waals surface area (Å²) in [6.45, 7) is 1.83. The molecule has 0 unspecified atom stereocenters. The number of ether oxygens (including phenoxy) is 1. The first-order chi connectivity index (χ1) is 12.5. The number of nitrogens with zero attached hydrogens (tertiary/aromatic N) is 2. The van der Waals surface area contributed by atoms with Crippen molar-refractivity contribution in [3.8, 4) is 0 Å². The summed E-state index contributed by atoms with van der Waals surface area (Å²) in [6, 6.07) is 13.8. The van der Waals surface area contributed by atoms with E-state index in [0.717, 1.165) is 4.90 Å². The average molecular weight is 411 g/mol. The second kappa shape index (κ2) is 10.2. The third-order valence-corrected chi connectivity index (χ3v) is 4.52. The van der Waals surface area contributed by atoms with Gasteiger partial charge in [0.25, 0.3) is 0 Å². The first-order valence-electron chi connectivity index (χ1n) is 7.64. The molecule has 0 aromatic heterocycles. The van der Waals surface area contributed by atoms with Crippen LogP contribution < -0.4 is 0 Å². The van der Waals surface area contributed by atoms with Crippen molar-refractivity contribution < 1.29 is 14.6 Å². The monoisotopic (exact) mass is 410 g/mol. The van der Waals surface area contributed by atoms with Crippen LogP contribution in [0.1, 0.15) is 6.92 Å². The highest BCUT2D eigenvalue weighted by Crippen LogP contribution is 2.24. The number of azo groups is 1. The molecule has 0 bridgehead atoms. The molecule has 26 heavy (non-hydrogen) atoms. The normalized spacial score (nSPS) is 12.1. The Labute approximate surface area is 165 Å². The van der Waals surface area contributed by atoms with E-state index in [0.29, 0.717) is 15.7 Å². The van der Waals surface area contributed by atoms with Gasteiger partial charge in [-0.3, -0.25) is 0 Å². The van der Waals surface area contributed by atoms with Gasteiger partial charge in [-0.2, -0.15) is 5.11 Å². The summed E-state index contributed by atoms with van der Waals surface area (Å²) in [4.78, 5) is 13.0. The highest BCUT2D eigenvalue weighted by Gasteiger charge is 2.17. The van der Waals surface area contributed by atoms with Crippen LogP contribution in [0.15, 0.2) is 75.1 Å². The molecule has 1 N–H and O–H groups in total. The summed E-state index contributed by atoms with van der Waals surface area (Å²) in [7, 11) is 0. The molecule has 0 aliphatic carbocycles. The SMILES string of the molecule is CCOC(=O)C(N=Nc1cccc(Cl)c1)=C(O)CSc1ccc(Cl)cc1. The molecule has 2 aromatic carbocycles. The minimum absolute atomic E-state index is 0.129. The number of rotatable bonds is 7. The van der Waals surface area contributed by atoms with Gasteiger partial charge < -0.3 is 9.84 Å². The molecule has 0 heterocycles. The maximum Gasteiger partial charge on any atom is 0.362 e. The van der Waals surface area contributed by atoms with E-state index in [-0.39, 0.29) is 23.8 Å². The van der Waals surface area contributed by atoms with Crippen LogP contribution in [-0.4, -0.2) is 23.4 Å². The van der Waals surface area contributed by atoms with Crippen molar-refractivity contribution in [3.05, 3.63) is 70.0 Å². The molecule has 0 saturated carbocycles. The number of halogens is 2. The van der Waals surface area contributed by atoms with E-state index in [9.17, 15) is 9.90 Å². The van der Waals surface area contributed by atoms with Gasteiger partial charge >= 0.3 is 5.97 Å². The van der Waals surface area contributed by atoms with Gasteiger partial charge in [-0.1, -0.05) is 29.3 Å². The van der Waals surface area contributed by atoms with E-state index in [1.165, 1.54) is 11.8 Å². The molecule has 0 fully saturated rings. The number of thioether (sulfide) groups is 1. The van der Waals surface area contributed by atoms with E-state index in [1.54, 1.807) is 43.3 Å². The lowest BCUT2D eigenvalue weighted by molar-refractivity contribution is -0.138. The van der Waals surface area contributed by atoms with Crippen LogP contribution in [0.3, 0.4) is 0 Å². The predicted octanol–water partition coefficient (Wildman–Crippen LogP) is 6.20. The van der Waals surface area contributed by atoms with Crippen LogP contribution in [-0.2, 0) is 9.53 Å². The lowest BCUT2D eigenvalue weighted by atomic mass is 10.3. The second-order valence-electron chi connectivity index (χ2n) is 4.94. The first-order valence-corrected chi connectivity index (χ1v) is 9.38. The van der Waals surface area contributed by atoms with Gasteiger partial charge in [0.2, 0.25) is 5.70 Å². The van der Waals surface area contributed by atoms with Crippen LogP contribution in [0, 0.1) is 0 Å². The zero-order chi connectivity index (χ0) is 18.9. The quantitative estimate of drug-likeness (QED) is 0.194. The Kier molecular flexibility index (Phi) is 7.97. The minimum Gasteiger partial charge on any atom is -0.509 e. The van der Waals surface area contributed by atoms with E-state index < -0.39 is 5.97 Å². The number of carbonyl (C=O) groups is 1. The highest BCUT2D eigenvalue weighted by atomic mass is 35.5. The molecule has 0 radical (unpaired) electrons. The Morgan fingerprint density at radius 1 is 1.15 bits per heavy atom. The summed E-state index contributed by atoms with van der Waals surface area (Å²) in [6.07, 6.45) is 0. The molecule has 2 rings (SSSR count). The molecule has 136 valence electrons. The highest BCUT2D eigenvalue weighted by molar-refractivity contribution is 7.99. The molecule has 0 atom stereocenters.